The Morgan fingerprint density at radius 2 is 2.04 bits per heavy atom. The topological polar surface area (TPSA) is 57.5 Å². The Balaban J connectivity index is 1.70. The Morgan fingerprint density at radius 1 is 1.28 bits per heavy atom. The van der Waals surface area contributed by atoms with Crippen molar-refractivity contribution in [2.24, 2.45) is 34.5 Å². The number of carbonyl (C=O) groups is 1. The summed E-state index contributed by atoms with van der Waals surface area (Å²) in [6.07, 6.45) is 8.28. The molecular weight excluding hydrogens is 312 g/mol. The van der Waals surface area contributed by atoms with Crippen LogP contribution in [0, 0.1) is 34.5 Å². The maximum Gasteiger partial charge on any atom is 0.155 e. The number of hydrogen-bond donors (Lipinski definition) is 2. The summed E-state index contributed by atoms with van der Waals surface area (Å²) in [5.41, 5.74) is 2.29. The molecule has 4 aliphatic rings. The van der Waals surface area contributed by atoms with Gasteiger partial charge >= 0.3 is 0 Å². The van der Waals surface area contributed by atoms with Gasteiger partial charge in [0.15, 0.2) is 5.78 Å². The molecule has 3 fully saturated rings. The van der Waals surface area contributed by atoms with Crippen LogP contribution in [-0.4, -0.2) is 28.7 Å². The van der Waals surface area contributed by atoms with E-state index in [0.717, 1.165) is 37.7 Å². The van der Waals surface area contributed by atoms with E-state index in [0.29, 0.717) is 24.2 Å². The minimum atomic E-state index is -0.319. The van der Waals surface area contributed by atoms with Crippen LogP contribution < -0.4 is 0 Å². The molecule has 0 aliphatic heterocycles. The normalized spacial score (nSPS) is 49.0. The zero-order valence-corrected chi connectivity index (χ0v) is 15.6. The molecule has 138 valence electrons. The third-order valence-electron chi connectivity index (χ3n) is 8.59. The van der Waals surface area contributed by atoms with Crippen molar-refractivity contribution >= 4 is 5.78 Å². The molecule has 0 spiro atoms. The molecule has 3 nitrogen and oxygen atoms in total. The second kappa shape index (κ2) is 5.79. The molecular formula is C22H32O3. The molecule has 0 aromatic rings. The maximum atomic E-state index is 11.9. The Bertz CT molecular complexity index is 635. The predicted octanol–water partition coefficient (Wildman–Crippen LogP) is 3.65. The zero-order chi connectivity index (χ0) is 18.0. The Kier molecular flexibility index (Phi) is 4.05. The van der Waals surface area contributed by atoms with Gasteiger partial charge in [-0.3, -0.25) is 4.79 Å². The van der Waals surface area contributed by atoms with Crippen LogP contribution in [0.2, 0.25) is 0 Å². The highest BCUT2D eigenvalue weighted by atomic mass is 16.3. The monoisotopic (exact) mass is 344 g/mol. The lowest BCUT2D eigenvalue weighted by Gasteiger charge is -2.60. The van der Waals surface area contributed by atoms with E-state index in [2.05, 4.69) is 20.4 Å². The molecule has 3 heteroatoms. The van der Waals surface area contributed by atoms with E-state index in [1.807, 2.05) is 6.08 Å². The molecule has 3 saturated carbocycles. The molecule has 4 aliphatic carbocycles. The first kappa shape index (κ1) is 17.5. The summed E-state index contributed by atoms with van der Waals surface area (Å²) < 4.78 is 0. The number of carbonyl (C=O) groups excluding carboxylic acids is 1. The van der Waals surface area contributed by atoms with Crippen molar-refractivity contribution in [3.63, 3.8) is 0 Å². The average molecular weight is 344 g/mol. The zero-order valence-electron chi connectivity index (χ0n) is 15.6. The van der Waals surface area contributed by atoms with E-state index in [9.17, 15) is 15.0 Å². The van der Waals surface area contributed by atoms with Gasteiger partial charge in [0.2, 0.25) is 0 Å². The van der Waals surface area contributed by atoms with Crippen molar-refractivity contribution in [3.05, 3.63) is 23.8 Å². The van der Waals surface area contributed by atoms with Crippen LogP contribution in [-0.2, 0) is 4.79 Å². The Morgan fingerprint density at radius 3 is 2.76 bits per heavy atom. The molecule has 4 rings (SSSR count). The first-order valence-electron chi connectivity index (χ1n) is 10.0. The SMILES string of the molecule is C=C(CO)[C@H]1CC[C@H]2[C@@H]3CCC4=CC(=O)CC[C@]4(C)[C@H]3C(O)C[C@]12C. The van der Waals surface area contributed by atoms with Crippen molar-refractivity contribution < 1.29 is 15.0 Å². The van der Waals surface area contributed by atoms with Crippen molar-refractivity contribution in [2.45, 2.75) is 64.9 Å². The molecule has 25 heavy (non-hydrogen) atoms. The van der Waals surface area contributed by atoms with Gasteiger partial charge in [-0.15, -0.1) is 0 Å². The van der Waals surface area contributed by atoms with Gasteiger partial charge in [0.05, 0.1) is 12.7 Å². The van der Waals surface area contributed by atoms with Gasteiger partial charge < -0.3 is 10.2 Å². The standard InChI is InChI=1S/C22H32O3/c1-13(12-23)17-6-7-18-16-5-4-14-10-15(24)8-9-21(14,2)20(16)19(25)11-22(17,18)3/h10,16-20,23,25H,1,4-9,11-12H2,2-3H3/t16-,17+,18-,19?,20+,21-,22+/m0/s1. The van der Waals surface area contributed by atoms with Gasteiger partial charge in [0.1, 0.15) is 0 Å². The number of aliphatic hydroxyl groups is 2. The summed E-state index contributed by atoms with van der Waals surface area (Å²) in [5.74, 6) is 2.00. The average Bonchev–Trinajstić information content (AvgIpc) is 2.91. The predicted molar refractivity (Wildman–Crippen MR) is 97.8 cm³/mol. The van der Waals surface area contributed by atoms with Crippen LogP contribution >= 0.6 is 0 Å². The second-order valence-electron chi connectivity index (χ2n) is 9.61. The van der Waals surface area contributed by atoms with E-state index in [1.165, 1.54) is 12.0 Å². The van der Waals surface area contributed by atoms with Gasteiger partial charge in [-0.05, 0) is 84.7 Å². The summed E-state index contributed by atoms with van der Waals surface area (Å²) in [6.45, 7) is 8.81. The summed E-state index contributed by atoms with van der Waals surface area (Å²) in [7, 11) is 0. The summed E-state index contributed by atoms with van der Waals surface area (Å²) in [4.78, 5) is 11.9. The highest BCUT2D eigenvalue weighted by Gasteiger charge is 2.62. The summed E-state index contributed by atoms with van der Waals surface area (Å²) in [5, 5.41) is 20.9. The second-order valence-corrected chi connectivity index (χ2v) is 9.61. The van der Waals surface area contributed by atoms with Crippen molar-refractivity contribution in [1.29, 1.82) is 0 Å². The molecule has 0 saturated heterocycles. The number of rotatable bonds is 2. The molecule has 1 unspecified atom stereocenters. The number of fused-ring (bicyclic) bond motifs is 5. The lowest BCUT2D eigenvalue weighted by Crippen LogP contribution is -2.56. The van der Waals surface area contributed by atoms with Gasteiger partial charge in [-0.25, -0.2) is 0 Å². The molecule has 2 N–H and O–H groups in total. The van der Waals surface area contributed by atoms with Crippen LogP contribution in [0.4, 0.5) is 0 Å². The fraction of sp³-hybridized carbons (Fsp3) is 0.773. The Labute approximate surface area is 151 Å². The Hall–Kier alpha value is -0.930. The highest BCUT2D eigenvalue weighted by Crippen LogP contribution is 2.67. The third-order valence-corrected chi connectivity index (χ3v) is 8.59. The molecule has 0 bridgehead atoms. The summed E-state index contributed by atoms with van der Waals surface area (Å²) >= 11 is 0. The van der Waals surface area contributed by atoms with E-state index in [1.54, 1.807) is 0 Å². The fourth-order valence-corrected chi connectivity index (χ4v) is 7.47. The number of hydrogen-bond acceptors (Lipinski definition) is 3. The lowest BCUT2D eigenvalue weighted by molar-refractivity contribution is -0.131. The molecule has 0 aromatic carbocycles. The first-order valence-corrected chi connectivity index (χ1v) is 10.0. The maximum absolute atomic E-state index is 11.9. The van der Waals surface area contributed by atoms with Crippen LogP contribution in [0.1, 0.15) is 58.8 Å². The van der Waals surface area contributed by atoms with Crippen LogP contribution in [0.25, 0.3) is 0 Å². The smallest absolute Gasteiger partial charge is 0.155 e. The van der Waals surface area contributed by atoms with Crippen molar-refractivity contribution in [1.82, 2.24) is 0 Å². The molecule has 7 atom stereocenters. The van der Waals surface area contributed by atoms with E-state index in [4.69, 9.17) is 0 Å². The van der Waals surface area contributed by atoms with Gasteiger partial charge in [0.25, 0.3) is 0 Å². The molecule has 0 amide bonds. The molecule has 0 heterocycles. The number of aliphatic hydroxyl groups excluding tert-OH is 2. The van der Waals surface area contributed by atoms with Crippen molar-refractivity contribution in [3.8, 4) is 0 Å². The van der Waals surface area contributed by atoms with E-state index >= 15 is 0 Å². The lowest BCUT2D eigenvalue weighted by atomic mass is 9.46. The van der Waals surface area contributed by atoms with Crippen LogP contribution in [0.15, 0.2) is 23.8 Å². The van der Waals surface area contributed by atoms with Gasteiger partial charge in [-0.1, -0.05) is 26.0 Å². The molecule has 0 radical (unpaired) electrons. The number of allylic oxidation sites excluding steroid dienone is 1. The minimum Gasteiger partial charge on any atom is -0.393 e. The minimum absolute atomic E-state index is 0.0103. The highest BCUT2D eigenvalue weighted by molar-refractivity contribution is 5.91. The van der Waals surface area contributed by atoms with Crippen LogP contribution in [0.5, 0.6) is 0 Å². The first-order chi connectivity index (χ1) is 11.8. The quantitative estimate of drug-likeness (QED) is 0.752. The van der Waals surface area contributed by atoms with Gasteiger partial charge in [-0.2, -0.15) is 0 Å². The molecule has 0 aromatic heterocycles. The van der Waals surface area contributed by atoms with E-state index < -0.39 is 0 Å². The summed E-state index contributed by atoms with van der Waals surface area (Å²) in [6, 6.07) is 0. The third kappa shape index (κ3) is 2.35. The number of ketones is 1. The van der Waals surface area contributed by atoms with Crippen molar-refractivity contribution in [2.75, 3.05) is 6.61 Å². The van der Waals surface area contributed by atoms with Gasteiger partial charge in [0, 0.05) is 6.42 Å². The largest absolute Gasteiger partial charge is 0.393 e. The fourth-order valence-electron chi connectivity index (χ4n) is 7.47. The van der Waals surface area contributed by atoms with Crippen LogP contribution in [0.3, 0.4) is 0 Å². The van der Waals surface area contributed by atoms with E-state index in [-0.39, 0.29) is 35.2 Å².